The van der Waals surface area contributed by atoms with E-state index in [1.54, 1.807) is 0 Å². The van der Waals surface area contributed by atoms with Crippen molar-refractivity contribution in [2.24, 2.45) is 49.4 Å². The Morgan fingerprint density at radius 2 is 1.11 bits per heavy atom. The molecule has 27 heavy (non-hydrogen) atoms. The number of thioether (sulfide) groups is 2. The van der Waals surface area contributed by atoms with Gasteiger partial charge < -0.3 is 11.7 Å². The van der Waals surface area contributed by atoms with Crippen molar-refractivity contribution in [2.45, 2.75) is 64.2 Å². The van der Waals surface area contributed by atoms with Gasteiger partial charge >= 0.3 is 0 Å². The van der Waals surface area contributed by atoms with Gasteiger partial charge in [-0.05, 0) is 42.9 Å². The molecule has 0 aliphatic heterocycles. The fourth-order valence-electron chi connectivity index (χ4n) is 4.80. The highest BCUT2D eigenvalue weighted by molar-refractivity contribution is 8.14. The zero-order valence-electron chi connectivity index (χ0n) is 15.9. The van der Waals surface area contributed by atoms with Crippen molar-refractivity contribution in [1.29, 1.82) is 11.1 Å². The molecule has 0 spiro atoms. The van der Waals surface area contributed by atoms with Crippen LogP contribution in [0.4, 0.5) is 0 Å². The molecule has 8 nitrogen and oxygen atoms in total. The van der Waals surface area contributed by atoms with Crippen LogP contribution in [0.15, 0.2) is 20.4 Å². The molecule has 0 saturated heterocycles. The highest BCUT2D eigenvalue weighted by atomic mass is 32.2. The number of nitrogens with two attached hydrogens (primary N) is 2. The summed E-state index contributed by atoms with van der Waals surface area (Å²) in [5, 5.41) is 14.9. The fourth-order valence-corrected chi connectivity index (χ4v) is 7.15. The molecule has 2 fully saturated rings. The number of amidine groups is 2. The van der Waals surface area contributed by atoms with Gasteiger partial charge in [0.25, 0.3) is 0 Å². The Kier molecular flexibility index (Phi) is 9.53. The van der Waals surface area contributed by atoms with Gasteiger partial charge in [-0.25, -0.2) is 11.1 Å². The molecule has 0 amide bonds. The van der Waals surface area contributed by atoms with Gasteiger partial charge in [0.2, 0.25) is 10.3 Å². The lowest BCUT2D eigenvalue weighted by atomic mass is 9.60. The predicted molar refractivity (Wildman–Crippen MR) is 114 cm³/mol. The fraction of sp³-hybridized carbons (Fsp3) is 0.882. The lowest BCUT2D eigenvalue weighted by Crippen LogP contribution is -2.45. The number of nitrogens with one attached hydrogen (secondary N) is 2. The Balaban J connectivity index is 2.31. The highest BCUT2D eigenvalue weighted by Crippen LogP contribution is 2.52. The monoisotopic (exact) mass is 412 g/mol. The van der Waals surface area contributed by atoms with Gasteiger partial charge in [0, 0.05) is 11.5 Å². The first-order valence-corrected chi connectivity index (χ1v) is 11.7. The minimum Gasteiger partial charge on any atom is -0.321 e. The van der Waals surface area contributed by atoms with Crippen molar-refractivity contribution < 1.29 is 0 Å². The summed E-state index contributed by atoms with van der Waals surface area (Å²) >= 11 is 2.98. The van der Waals surface area contributed by atoms with Crippen LogP contribution in [-0.4, -0.2) is 21.8 Å². The van der Waals surface area contributed by atoms with E-state index in [-0.39, 0.29) is 5.41 Å². The molecule has 10 heteroatoms. The van der Waals surface area contributed by atoms with Gasteiger partial charge in [0.15, 0.2) is 0 Å². The summed E-state index contributed by atoms with van der Waals surface area (Å²) in [5.41, 5.74) is 14.7. The van der Waals surface area contributed by atoms with E-state index in [0.29, 0.717) is 22.2 Å². The maximum Gasteiger partial charge on any atom is 0.226 e. The van der Waals surface area contributed by atoms with Crippen LogP contribution in [0.25, 0.3) is 0 Å². The Hall–Kier alpha value is -1.16. The number of hydrazone groups is 2. The molecular weight excluding hydrogens is 380 g/mol. The average Bonchev–Trinajstić information content (AvgIpc) is 2.75. The first-order chi connectivity index (χ1) is 13.2. The van der Waals surface area contributed by atoms with Gasteiger partial charge in [-0.3, -0.25) is 0 Å². The van der Waals surface area contributed by atoms with E-state index in [2.05, 4.69) is 20.4 Å². The van der Waals surface area contributed by atoms with E-state index in [1.807, 2.05) is 0 Å². The van der Waals surface area contributed by atoms with E-state index in [0.717, 1.165) is 11.5 Å². The quantitative estimate of drug-likeness (QED) is 0.157. The molecule has 0 aromatic rings. The molecule has 2 aliphatic carbocycles. The van der Waals surface area contributed by atoms with Crippen molar-refractivity contribution >= 4 is 33.9 Å². The summed E-state index contributed by atoms with van der Waals surface area (Å²) in [7, 11) is 0. The molecular formula is C17H32N8S2. The van der Waals surface area contributed by atoms with Crippen molar-refractivity contribution in [3.8, 4) is 0 Å². The summed E-state index contributed by atoms with van der Waals surface area (Å²) in [4.78, 5) is 0. The lowest BCUT2D eigenvalue weighted by molar-refractivity contribution is 0.0686. The van der Waals surface area contributed by atoms with Crippen molar-refractivity contribution in [2.75, 3.05) is 11.5 Å². The molecule has 6 N–H and O–H groups in total. The standard InChI is InChI=1S/C17H32N8S2/c18-22-15(23-19)26-11-17(12-27-16(24-20)25-21,13-7-3-1-4-8-13)14-9-5-2-6-10-14/h13-14,18,20H,1-12,19,21H2. The van der Waals surface area contributed by atoms with Gasteiger partial charge in [-0.1, -0.05) is 62.0 Å². The van der Waals surface area contributed by atoms with Crippen molar-refractivity contribution in [3.63, 3.8) is 0 Å². The largest absolute Gasteiger partial charge is 0.321 e. The van der Waals surface area contributed by atoms with Gasteiger partial charge in [-0.2, -0.15) is 10.2 Å². The maximum absolute atomic E-state index is 7.30. The first-order valence-electron chi connectivity index (χ1n) is 9.76. The van der Waals surface area contributed by atoms with Crippen LogP contribution in [0.5, 0.6) is 0 Å². The van der Waals surface area contributed by atoms with Crippen LogP contribution in [0.1, 0.15) is 64.2 Å². The van der Waals surface area contributed by atoms with Crippen LogP contribution in [-0.2, 0) is 0 Å². The second-order valence-corrected chi connectivity index (χ2v) is 9.41. The molecule has 2 rings (SSSR count). The van der Waals surface area contributed by atoms with Gasteiger partial charge in [0.1, 0.15) is 0 Å². The van der Waals surface area contributed by atoms with Crippen LogP contribution in [0, 0.1) is 28.3 Å². The van der Waals surface area contributed by atoms with E-state index in [4.69, 9.17) is 22.7 Å². The Bertz CT molecular complexity index is 491. The average molecular weight is 413 g/mol. The Labute approximate surface area is 170 Å². The summed E-state index contributed by atoms with van der Waals surface area (Å²) in [5.74, 6) is 13.7. The number of rotatable bonds is 6. The third-order valence-electron chi connectivity index (χ3n) is 6.19. The van der Waals surface area contributed by atoms with E-state index < -0.39 is 0 Å². The second kappa shape index (κ2) is 11.6. The molecule has 0 bridgehead atoms. The van der Waals surface area contributed by atoms with E-state index in [1.165, 1.54) is 87.7 Å². The zero-order chi connectivity index (χ0) is 19.5. The summed E-state index contributed by atoms with van der Waals surface area (Å²) in [6.45, 7) is 0. The minimum atomic E-state index is 0.0669. The summed E-state index contributed by atoms with van der Waals surface area (Å²) in [6.07, 6.45) is 12.7. The SMILES string of the molecule is N=NC(=NN)SCC(CSC(N=N)=NN)(C1CCCCC1)C1CCCCC1. The zero-order valence-corrected chi connectivity index (χ0v) is 17.5. The molecule has 0 radical (unpaired) electrons. The van der Waals surface area contributed by atoms with Gasteiger partial charge in [0.05, 0.1) is 0 Å². The third-order valence-corrected chi connectivity index (χ3v) is 8.46. The number of hydrogen-bond acceptors (Lipinski definition) is 8. The molecule has 0 heterocycles. The Morgan fingerprint density at radius 1 is 0.741 bits per heavy atom. The van der Waals surface area contributed by atoms with Crippen molar-refractivity contribution in [1.82, 2.24) is 0 Å². The van der Waals surface area contributed by atoms with Crippen LogP contribution in [0.2, 0.25) is 0 Å². The molecule has 2 saturated carbocycles. The number of nitrogens with zero attached hydrogens (tertiary/aromatic N) is 4. The lowest BCUT2D eigenvalue weighted by Gasteiger charge is -2.49. The number of hydrogen-bond donors (Lipinski definition) is 4. The molecule has 2 aliphatic rings. The summed E-state index contributed by atoms with van der Waals surface area (Å²) in [6, 6.07) is 0. The summed E-state index contributed by atoms with van der Waals surface area (Å²) < 4.78 is 0. The van der Waals surface area contributed by atoms with Crippen molar-refractivity contribution in [3.05, 3.63) is 0 Å². The molecule has 0 unspecified atom stereocenters. The van der Waals surface area contributed by atoms with Crippen LogP contribution < -0.4 is 11.7 Å². The maximum atomic E-state index is 7.30. The molecule has 0 aromatic carbocycles. The molecule has 152 valence electrons. The second-order valence-electron chi connectivity index (χ2n) is 7.53. The first kappa shape index (κ1) is 22.1. The third kappa shape index (κ3) is 5.91. The normalized spacial score (nSPS) is 21.2. The minimum absolute atomic E-state index is 0.0669. The van der Waals surface area contributed by atoms with E-state index in [9.17, 15) is 0 Å². The predicted octanol–water partition coefficient (Wildman–Crippen LogP) is 5.12. The topological polar surface area (TPSA) is 149 Å². The molecule has 0 atom stereocenters. The van der Waals surface area contributed by atoms with Gasteiger partial charge in [-0.15, -0.1) is 10.2 Å². The Morgan fingerprint density at radius 3 is 1.41 bits per heavy atom. The van der Waals surface area contributed by atoms with Crippen LogP contribution >= 0.6 is 23.5 Å². The smallest absolute Gasteiger partial charge is 0.226 e. The highest BCUT2D eigenvalue weighted by Gasteiger charge is 2.46. The van der Waals surface area contributed by atoms with Crippen LogP contribution in [0.3, 0.4) is 0 Å². The molecule has 0 aromatic heterocycles. The van der Waals surface area contributed by atoms with E-state index >= 15 is 0 Å².